The highest BCUT2D eigenvalue weighted by Crippen LogP contribution is 2.26. The van der Waals surface area contributed by atoms with Crippen molar-refractivity contribution in [3.63, 3.8) is 0 Å². The fourth-order valence-corrected chi connectivity index (χ4v) is 3.50. The largest absolute Gasteiger partial charge is 0.360 e. The molecule has 2 fully saturated rings. The van der Waals surface area contributed by atoms with Crippen molar-refractivity contribution < 1.29 is 4.79 Å². The molecule has 2 N–H and O–H groups in total. The summed E-state index contributed by atoms with van der Waals surface area (Å²) in [6.45, 7) is 3.37. The predicted molar refractivity (Wildman–Crippen MR) is 76.5 cm³/mol. The van der Waals surface area contributed by atoms with Crippen LogP contribution in [0.5, 0.6) is 0 Å². The van der Waals surface area contributed by atoms with Crippen molar-refractivity contribution in [2.24, 2.45) is 5.92 Å². The van der Waals surface area contributed by atoms with Crippen LogP contribution in [-0.4, -0.2) is 46.5 Å². The van der Waals surface area contributed by atoms with Crippen molar-refractivity contribution in [1.82, 2.24) is 20.2 Å². The number of carbonyl (C=O) groups excluding carboxylic acids is 1. The van der Waals surface area contributed by atoms with Gasteiger partial charge in [0, 0.05) is 30.7 Å². The molecule has 2 aromatic rings. The van der Waals surface area contributed by atoms with Crippen LogP contribution < -0.4 is 5.32 Å². The van der Waals surface area contributed by atoms with Crippen molar-refractivity contribution in [3.8, 4) is 0 Å². The van der Waals surface area contributed by atoms with E-state index >= 15 is 0 Å². The number of fused-ring (bicyclic) bond motifs is 3. The molecule has 3 atom stereocenters. The lowest BCUT2D eigenvalue weighted by atomic mass is 9.97. The maximum atomic E-state index is 12.3. The molecule has 2 bridgehead atoms. The van der Waals surface area contributed by atoms with Crippen molar-refractivity contribution in [3.05, 3.63) is 30.2 Å². The molecule has 0 aromatic carbocycles. The molecule has 0 aliphatic carbocycles. The van der Waals surface area contributed by atoms with Gasteiger partial charge in [-0.1, -0.05) is 0 Å². The lowest BCUT2D eigenvalue weighted by Gasteiger charge is -2.30. The zero-order chi connectivity index (χ0) is 13.5. The summed E-state index contributed by atoms with van der Waals surface area (Å²) in [7, 11) is 0. The number of amides is 1. The number of pyridine rings is 1. The molecule has 2 saturated heterocycles. The Labute approximate surface area is 117 Å². The third-order valence-corrected chi connectivity index (χ3v) is 4.47. The van der Waals surface area contributed by atoms with Crippen molar-refractivity contribution >= 4 is 16.8 Å². The minimum Gasteiger partial charge on any atom is -0.360 e. The first-order chi connectivity index (χ1) is 9.78. The second-order valence-electron chi connectivity index (χ2n) is 5.95. The van der Waals surface area contributed by atoms with Gasteiger partial charge >= 0.3 is 0 Å². The molecule has 104 valence electrons. The highest BCUT2D eigenvalue weighted by molar-refractivity contribution is 5.95. The summed E-state index contributed by atoms with van der Waals surface area (Å²) >= 11 is 0. The SMILES string of the molecule is O=C(NC1CC2CCN(C2)C1)c1cc2cc[nH]c2cn1. The van der Waals surface area contributed by atoms with Crippen LogP contribution in [0.25, 0.3) is 10.9 Å². The van der Waals surface area contributed by atoms with E-state index in [1.54, 1.807) is 6.20 Å². The number of carbonyl (C=O) groups is 1. The molecular formula is C15H18N4O. The summed E-state index contributed by atoms with van der Waals surface area (Å²) in [5.41, 5.74) is 1.47. The van der Waals surface area contributed by atoms with Crippen LogP contribution in [0.15, 0.2) is 24.5 Å². The normalized spacial score (nSPS) is 28.7. The van der Waals surface area contributed by atoms with Crippen LogP contribution in [0.3, 0.4) is 0 Å². The summed E-state index contributed by atoms with van der Waals surface area (Å²) in [5, 5.41) is 4.17. The Morgan fingerprint density at radius 3 is 3.30 bits per heavy atom. The summed E-state index contributed by atoms with van der Waals surface area (Å²) in [5.74, 6) is 0.703. The molecule has 5 nitrogen and oxygen atoms in total. The zero-order valence-electron chi connectivity index (χ0n) is 11.3. The first kappa shape index (κ1) is 11.9. The van der Waals surface area contributed by atoms with Crippen LogP contribution >= 0.6 is 0 Å². The van der Waals surface area contributed by atoms with Gasteiger partial charge in [0.2, 0.25) is 0 Å². The Bertz CT molecular complexity index is 638. The molecule has 2 aromatic heterocycles. The average Bonchev–Trinajstić information content (AvgIpc) is 3.04. The number of hydrogen-bond acceptors (Lipinski definition) is 3. The Hall–Kier alpha value is -1.88. The van der Waals surface area contributed by atoms with E-state index in [1.807, 2.05) is 18.3 Å². The van der Waals surface area contributed by atoms with Crippen LogP contribution in [0.4, 0.5) is 0 Å². The summed E-state index contributed by atoms with van der Waals surface area (Å²) in [4.78, 5) is 22.1. The maximum absolute atomic E-state index is 12.3. The van der Waals surface area contributed by atoms with Crippen LogP contribution in [0.2, 0.25) is 0 Å². The van der Waals surface area contributed by atoms with Gasteiger partial charge in [-0.25, -0.2) is 4.98 Å². The molecule has 5 heteroatoms. The van der Waals surface area contributed by atoms with Crippen LogP contribution in [0, 0.1) is 5.92 Å². The Morgan fingerprint density at radius 2 is 2.40 bits per heavy atom. The lowest BCUT2D eigenvalue weighted by molar-refractivity contribution is 0.0904. The van der Waals surface area contributed by atoms with Gasteiger partial charge in [0.15, 0.2) is 0 Å². The van der Waals surface area contributed by atoms with Gasteiger partial charge in [-0.05, 0) is 37.4 Å². The highest BCUT2D eigenvalue weighted by atomic mass is 16.1. The number of aromatic amines is 1. The van der Waals surface area contributed by atoms with Gasteiger partial charge in [-0.15, -0.1) is 0 Å². The Balaban J connectivity index is 1.49. The number of piperidine rings is 1. The molecule has 2 aliphatic heterocycles. The Morgan fingerprint density at radius 1 is 1.45 bits per heavy atom. The summed E-state index contributed by atoms with van der Waals surface area (Å²) in [6.07, 6.45) is 5.97. The van der Waals surface area contributed by atoms with E-state index in [4.69, 9.17) is 0 Å². The molecule has 3 unspecified atom stereocenters. The van der Waals surface area contributed by atoms with E-state index in [0.29, 0.717) is 5.69 Å². The van der Waals surface area contributed by atoms with Gasteiger partial charge in [-0.3, -0.25) is 4.79 Å². The molecule has 4 heterocycles. The molecule has 2 aliphatic rings. The van der Waals surface area contributed by atoms with E-state index < -0.39 is 0 Å². The first-order valence-corrected chi connectivity index (χ1v) is 7.24. The number of nitrogens with zero attached hydrogens (tertiary/aromatic N) is 2. The monoisotopic (exact) mass is 270 g/mol. The van der Waals surface area contributed by atoms with E-state index in [1.165, 1.54) is 19.5 Å². The van der Waals surface area contributed by atoms with E-state index in [9.17, 15) is 4.79 Å². The van der Waals surface area contributed by atoms with Crippen molar-refractivity contribution in [2.75, 3.05) is 19.6 Å². The minimum absolute atomic E-state index is 0.0550. The maximum Gasteiger partial charge on any atom is 0.270 e. The van der Waals surface area contributed by atoms with Crippen LogP contribution in [0.1, 0.15) is 23.3 Å². The molecule has 1 amide bonds. The molecule has 0 spiro atoms. The molecule has 0 radical (unpaired) electrons. The molecular weight excluding hydrogens is 252 g/mol. The van der Waals surface area contributed by atoms with Gasteiger partial charge < -0.3 is 15.2 Å². The topological polar surface area (TPSA) is 61.0 Å². The van der Waals surface area contributed by atoms with Gasteiger partial charge in [0.1, 0.15) is 5.69 Å². The third-order valence-electron chi connectivity index (χ3n) is 4.47. The van der Waals surface area contributed by atoms with E-state index in [2.05, 4.69) is 20.2 Å². The fraction of sp³-hybridized carbons (Fsp3) is 0.467. The summed E-state index contributed by atoms with van der Waals surface area (Å²) < 4.78 is 0. The quantitative estimate of drug-likeness (QED) is 0.867. The van der Waals surface area contributed by atoms with Crippen molar-refractivity contribution in [1.29, 1.82) is 0 Å². The van der Waals surface area contributed by atoms with E-state index in [-0.39, 0.29) is 11.9 Å². The predicted octanol–water partition coefficient (Wildman–Crippen LogP) is 1.39. The average molecular weight is 270 g/mol. The highest BCUT2D eigenvalue weighted by Gasteiger charge is 2.33. The molecule has 20 heavy (non-hydrogen) atoms. The van der Waals surface area contributed by atoms with Crippen LogP contribution in [-0.2, 0) is 0 Å². The van der Waals surface area contributed by atoms with Gasteiger partial charge in [0.25, 0.3) is 5.91 Å². The first-order valence-electron chi connectivity index (χ1n) is 7.24. The molecule has 4 rings (SSSR count). The third kappa shape index (κ3) is 2.08. The number of aromatic nitrogens is 2. The number of H-pyrrole nitrogens is 1. The minimum atomic E-state index is -0.0550. The van der Waals surface area contributed by atoms with E-state index in [0.717, 1.165) is 29.8 Å². The van der Waals surface area contributed by atoms with Crippen molar-refractivity contribution in [2.45, 2.75) is 18.9 Å². The summed E-state index contributed by atoms with van der Waals surface area (Å²) in [6, 6.07) is 4.08. The van der Waals surface area contributed by atoms with Gasteiger partial charge in [-0.2, -0.15) is 0 Å². The number of rotatable bonds is 2. The number of hydrogen-bond donors (Lipinski definition) is 2. The zero-order valence-corrected chi connectivity index (χ0v) is 11.3. The Kier molecular flexibility index (Phi) is 2.73. The standard InChI is InChI=1S/C15H18N4O/c20-15(13-6-11-1-3-16-14(11)7-17-13)18-12-5-10-2-4-19(8-10)9-12/h1,3,6-7,10,12,16H,2,4-5,8-9H2,(H,18,20). The second-order valence-corrected chi connectivity index (χ2v) is 5.95. The number of nitrogens with one attached hydrogen (secondary N) is 2. The second kappa shape index (κ2) is 4.59. The van der Waals surface area contributed by atoms with Gasteiger partial charge in [0.05, 0.1) is 11.7 Å². The fourth-order valence-electron chi connectivity index (χ4n) is 3.50. The smallest absolute Gasteiger partial charge is 0.270 e. The molecule has 0 saturated carbocycles. The lowest BCUT2D eigenvalue weighted by Crippen LogP contribution is -2.47.